The second-order valence-electron chi connectivity index (χ2n) is 5.41. The van der Waals surface area contributed by atoms with E-state index < -0.39 is 0 Å². The van der Waals surface area contributed by atoms with E-state index in [1.54, 1.807) is 22.7 Å². The molecule has 0 aliphatic carbocycles. The first-order valence-corrected chi connectivity index (χ1v) is 8.88. The van der Waals surface area contributed by atoms with Gasteiger partial charge in [0.1, 0.15) is 0 Å². The number of nitrogens with one attached hydrogen (secondary N) is 1. The lowest BCUT2D eigenvalue weighted by Gasteiger charge is -2.30. The molecule has 3 N–H and O–H groups in total. The summed E-state index contributed by atoms with van der Waals surface area (Å²) in [6.07, 6.45) is 2.27. The lowest BCUT2D eigenvalue weighted by Crippen LogP contribution is -2.36. The maximum absolute atomic E-state index is 5.74. The second-order valence-corrected chi connectivity index (χ2v) is 7.44. The molecule has 110 valence electrons. The van der Waals surface area contributed by atoms with Crippen LogP contribution < -0.4 is 10.6 Å². The van der Waals surface area contributed by atoms with Crippen LogP contribution in [0.25, 0.3) is 20.1 Å². The predicted molar refractivity (Wildman–Crippen MR) is 89.1 cm³/mol. The Morgan fingerprint density at radius 1 is 1.33 bits per heavy atom. The summed E-state index contributed by atoms with van der Waals surface area (Å²) in [5, 5.41) is 9.60. The molecule has 1 saturated heterocycles. The first kappa shape index (κ1) is 13.2. The topological polar surface area (TPSA) is 70.8 Å². The summed E-state index contributed by atoms with van der Waals surface area (Å²) < 4.78 is 2.63. The van der Waals surface area contributed by atoms with E-state index in [2.05, 4.69) is 37.6 Å². The third-order valence-electron chi connectivity index (χ3n) is 4.08. The molecule has 0 spiro atoms. The van der Waals surface area contributed by atoms with Crippen LogP contribution in [0.2, 0.25) is 0 Å². The lowest BCUT2D eigenvalue weighted by molar-refractivity contribution is 0.411. The molecule has 4 heterocycles. The highest BCUT2D eigenvalue weighted by molar-refractivity contribution is 7.28. The maximum atomic E-state index is 5.74. The van der Waals surface area contributed by atoms with Crippen LogP contribution in [0, 0.1) is 5.92 Å². The molecule has 1 fully saturated rings. The quantitative estimate of drug-likeness (QED) is 0.778. The van der Waals surface area contributed by atoms with E-state index in [9.17, 15) is 0 Å². The number of nitrogens with zero attached hydrogens (tertiary/aromatic N) is 3. The van der Waals surface area contributed by atoms with Gasteiger partial charge in [0.15, 0.2) is 5.82 Å². The number of nitrogens with two attached hydrogens (primary N) is 1. The van der Waals surface area contributed by atoms with Gasteiger partial charge in [-0.05, 0) is 42.8 Å². The Kier molecular flexibility index (Phi) is 3.40. The summed E-state index contributed by atoms with van der Waals surface area (Å²) in [5.74, 6) is 2.35. The standard InChI is InChI=1S/C14H17N5S2/c15-8-9-1-4-19(5-2-9)14-16-13(17-18-14)12-7-11-10(21-12)3-6-20-11/h3,6-7,9H,1-2,4-5,8,15H2,(H,16,17,18). The van der Waals surface area contributed by atoms with E-state index in [0.29, 0.717) is 5.92 Å². The zero-order chi connectivity index (χ0) is 14.2. The van der Waals surface area contributed by atoms with Gasteiger partial charge in [0, 0.05) is 22.5 Å². The number of piperidine rings is 1. The highest BCUT2D eigenvalue weighted by Crippen LogP contribution is 2.35. The van der Waals surface area contributed by atoms with Crippen LogP contribution in [0.3, 0.4) is 0 Å². The Hall–Kier alpha value is -1.44. The summed E-state index contributed by atoms with van der Waals surface area (Å²) in [6.45, 7) is 2.79. The minimum absolute atomic E-state index is 0.656. The number of fused-ring (bicyclic) bond motifs is 1. The van der Waals surface area contributed by atoms with Crippen molar-refractivity contribution in [3.05, 3.63) is 17.5 Å². The molecule has 3 aromatic heterocycles. The van der Waals surface area contributed by atoms with Crippen LogP contribution >= 0.6 is 22.7 Å². The van der Waals surface area contributed by atoms with Gasteiger partial charge in [0.05, 0.1) is 4.88 Å². The minimum Gasteiger partial charge on any atom is -0.340 e. The van der Waals surface area contributed by atoms with E-state index in [1.165, 1.54) is 9.40 Å². The Morgan fingerprint density at radius 3 is 2.95 bits per heavy atom. The molecule has 3 aromatic rings. The van der Waals surface area contributed by atoms with Gasteiger partial charge in [-0.25, -0.2) is 0 Å². The van der Waals surface area contributed by atoms with Gasteiger partial charge in [-0.15, -0.1) is 27.8 Å². The van der Waals surface area contributed by atoms with Crippen LogP contribution in [-0.2, 0) is 0 Å². The fourth-order valence-electron chi connectivity index (χ4n) is 2.76. The molecule has 0 saturated carbocycles. The number of anilines is 1. The van der Waals surface area contributed by atoms with Gasteiger partial charge in [-0.2, -0.15) is 4.98 Å². The van der Waals surface area contributed by atoms with Gasteiger partial charge in [0.2, 0.25) is 5.95 Å². The lowest BCUT2D eigenvalue weighted by atomic mass is 9.97. The fourth-order valence-corrected chi connectivity index (χ4v) is 4.80. The Balaban J connectivity index is 1.54. The van der Waals surface area contributed by atoms with Crippen molar-refractivity contribution in [1.29, 1.82) is 0 Å². The number of aromatic nitrogens is 3. The van der Waals surface area contributed by atoms with Gasteiger partial charge in [-0.3, -0.25) is 5.10 Å². The van der Waals surface area contributed by atoms with E-state index in [1.807, 2.05) is 0 Å². The van der Waals surface area contributed by atoms with Crippen molar-refractivity contribution in [3.8, 4) is 10.7 Å². The Bertz CT molecular complexity index is 707. The normalized spacial score (nSPS) is 16.9. The number of hydrogen-bond acceptors (Lipinski definition) is 6. The molecule has 4 rings (SSSR count). The molecule has 0 bridgehead atoms. The van der Waals surface area contributed by atoms with Crippen LogP contribution in [0.4, 0.5) is 5.95 Å². The molecule has 1 aliphatic rings. The molecular formula is C14H17N5S2. The average Bonchev–Trinajstić information content (AvgIpc) is 3.22. The van der Waals surface area contributed by atoms with Crippen molar-refractivity contribution in [2.24, 2.45) is 11.7 Å². The zero-order valence-electron chi connectivity index (χ0n) is 11.6. The molecule has 0 unspecified atom stereocenters. The number of hydrogen-bond donors (Lipinski definition) is 2. The first-order chi connectivity index (χ1) is 10.3. The third-order valence-corrected chi connectivity index (χ3v) is 6.18. The Labute approximate surface area is 130 Å². The van der Waals surface area contributed by atoms with Crippen LogP contribution in [0.15, 0.2) is 17.5 Å². The molecule has 1 aliphatic heterocycles. The van der Waals surface area contributed by atoms with Crippen LogP contribution in [0.5, 0.6) is 0 Å². The molecule has 0 aromatic carbocycles. The van der Waals surface area contributed by atoms with E-state index in [0.717, 1.165) is 49.1 Å². The third kappa shape index (κ3) is 2.45. The smallest absolute Gasteiger partial charge is 0.245 e. The maximum Gasteiger partial charge on any atom is 0.245 e. The van der Waals surface area contributed by atoms with Crippen LogP contribution in [-0.4, -0.2) is 34.8 Å². The zero-order valence-corrected chi connectivity index (χ0v) is 13.2. The van der Waals surface area contributed by atoms with Crippen molar-refractivity contribution in [2.45, 2.75) is 12.8 Å². The van der Waals surface area contributed by atoms with Crippen molar-refractivity contribution in [3.63, 3.8) is 0 Å². The average molecular weight is 319 g/mol. The van der Waals surface area contributed by atoms with E-state index >= 15 is 0 Å². The summed E-state index contributed by atoms with van der Waals surface area (Å²) in [5.41, 5.74) is 5.74. The number of H-pyrrole nitrogens is 1. The molecule has 5 nitrogen and oxygen atoms in total. The van der Waals surface area contributed by atoms with Crippen LogP contribution in [0.1, 0.15) is 12.8 Å². The summed E-state index contributed by atoms with van der Waals surface area (Å²) >= 11 is 3.53. The summed E-state index contributed by atoms with van der Waals surface area (Å²) in [4.78, 5) is 8.08. The number of aromatic amines is 1. The number of thiophene rings is 2. The first-order valence-electron chi connectivity index (χ1n) is 7.18. The van der Waals surface area contributed by atoms with Crippen molar-refractivity contribution in [2.75, 3.05) is 24.5 Å². The highest BCUT2D eigenvalue weighted by Gasteiger charge is 2.21. The molecule has 7 heteroatoms. The summed E-state index contributed by atoms with van der Waals surface area (Å²) in [6, 6.07) is 4.35. The second kappa shape index (κ2) is 5.40. The van der Waals surface area contributed by atoms with Crippen molar-refractivity contribution in [1.82, 2.24) is 15.2 Å². The monoisotopic (exact) mass is 319 g/mol. The van der Waals surface area contributed by atoms with Gasteiger partial charge >= 0.3 is 0 Å². The highest BCUT2D eigenvalue weighted by atomic mass is 32.1. The predicted octanol–water partition coefficient (Wildman–Crippen LogP) is 2.92. The van der Waals surface area contributed by atoms with Crippen molar-refractivity contribution < 1.29 is 0 Å². The summed E-state index contributed by atoms with van der Waals surface area (Å²) in [7, 11) is 0. The molecule has 21 heavy (non-hydrogen) atoms. The SMILES string of the molecule is NCC1CCN(c2n[nH]c(-c3cc4sccc4s3)n2)CC1. The number of rotatable bonds is 3. The minimum atomic E-state index is 0.656. The largest absolute Gasteiger partial charge is 0.340 e. The van der Waals surface area contributed by atoms with Gasteiger partial charge < -0.3 is 10.6 Å². The fraction of sp³-hybridized carbons (Fsp3) is 0.429. The molecular weight excluding hydrogens is 302 g/mol. The van der Waals surface area contributed by atoms with E-state index in [4.69, 9.17) is 5.73 Å². The molecule has 0 amide bonds. The molecule has 0 atom stereocenters. The Morgan fingerprint density at radius 2 is 2.19 bits per heavy atom. The van der Waals surface area contributed by atoms with E-state index in [-0.39, 0.29) is 0 Å². The van der Waals surface area contributed by atoms with Crippen molar-refractivity contribution >= 4 is 38.0 Å². The van der Waals surface area contributed by atoms with Gasteiger partial charge in [0.25, 0.3) is 0 Å². The van der Waals surface area contributed by atoms with Gasteiger partial charge in [-0.1, -0.05) is 0 Å². The molecule has 0 radical (unpaired) electrons.